The number of hydrogen-bond acceptors (Lipinski definition) is 4. The number of methoxy groups -OCH3 is 1. The number of nitrogens with one attached hydrogen (secondary N) is 1. The molecule has 2 aromatic carbocycles. The molecule has 1 aliphatic heterocycles. The van der Waals surface area contributed by atoms with Crippen LogP contribution >= 0.6 is 0 Å². The first kappa shape index (κ1) is 18.8. The molecule has 2 amide bonds. The fraction of sp³-hybridized carbons (Fsp3) is 0.333. The van der Waals surface area contributed by atoms with Crippen molar-refractivity contribution in [1.82, 2.24) is 5.32 Å². The normalized spacial score (nSPS) is 16.3. The summed E-state index contributed by atoms with van der Waals surface area (Å²) in [6.45, 7) is 3.17. The first-order chi connectivity index (χ1) is 13.1. The highest BCUT2D eigenvalue weighted by atomic mass is 16.5. The molecule has 1 saturated heterocycles. The zero-order valence-corrected chi connectivity index (χ0v) is 15.6. The lowest BCUT2D eigenvalue weighted by atomic mass is 10.1. The van der Waals surface area contributed by atoms with Gasteiger partial charge in [0.15, 0.2) is 0 Å². The van der Waals surface area contributed by atoms with E-state index in [1.54, 1.807) is 24.1 Å². The zero-order chi connectivity index (χ0) is 19.2. The second-order valence-electron chi connectivity index (χ2n) is 6.56. The van der Waals surface area contributed by atoms with Crippen molar-refractivity contribution in [3.63, 3.8) is 0 Å². The maximum absolute atomic E-state index is 12.4. The first-order valence-corrected chi connectivity index (χ1v) is 8.98. The molecule has 0 radical (unpaired) electrons. The van der Waals surface area contributed by atoms with Crippen molar-refractivity contribution in [2.24, 2.45) is 5.92 Å². The minimum absolute atomic E-state index is 0.0451. The first-order valence-electron chi connectivity index (χ1n) is 8.98. The van der Waals surface area contributed by atoms with Crippen molar-refractivity contribution in [3.8, 4) is 11.5 Å². The SMILES string of the molecule is COc1ccc(N2CC(C(=O)NCCOc3cccc(C)c3)CC2=O)cc1. The van der Waals surface area contributed by atoms with Gasteiger partial charge in [-0.25, -0.2) is 0 Å². The molecule has 27 heavy (non-hydrogen) atoms. The van der Waals surface area contributed by atoms with E-state index in [4.69, 9.17) is 9.47 Å². The second-order valence-corrected chi connectivity index (χ2v) is 6.56. The van der Waals surface area contributed by atoms with Crippen LogP contribution in [0.15, 0.2) is 48.5 Å². The van der Waals surface area contributed by atoms with Gasteiger partial charge in [-0.3, -0.25) is 9.59 Å². The quantitative estimate of drug-likeness (QED) is 0.763. The minimum Gasteiger partial charge on any atom is -0.497 e. The van der Waals surface area contributed by atoms with Crippen molar-refractivity contribution in [2.75, 3.05) is 31.7 Å². The molecule has 6 nitrogen and oxygen atoms in total. The third-order valence-corrected chi connectivity index (χ3v) is 4.54. The second kappa shape index (κ2) is 8.58. The maximum atomic E-state index is 12.4. The maximum Gasteiger partial charge on any atom is 0.227 e. The third kappa shape index (κ3) is 4.78. The number of hydrogen-bond donors (Lipinski definition) is 1. The minimum atomic E-state index is -0.349. The van der Waals surface area contributed by atoms with Crippen LogP contribution < -0.4 is 19.7 Å². The summed E-state index contributed by atoms with van der Waals surface area (Å²) in [6, 6.07) is 15.0. The third-order valence-electron chi connectivity index (χ3n) is 4.54. The summed E-state index contributed by atoms with van der Waals surface area (Å²) in [4.78, 5) is 26.3. The molecular formula is C21H24N2O4. The molecule has 0 spiro atoms. The number of rotatable bonds is 7. The molecule has 1 atom stereocenters. The average molecular weight is 368 g/mol. The molecule has 1 aliphatic rings. The number of amides is 2. The summed E-state index contributed by atoms with van der Waals surface area (Å²) < 4.78 is 10.8. The Morgan fingerprint density at radius 3 is 2.67 bits per heavy atom. The summed E-state index contributed by atoms with van der Waals surface area (Å²) in [5.74, 6) is 1.00. The van der Waals surface area contributed by atoms with Gasteiger partial charge in [0, 0.05) is 18.7 Å². The number of aryl methyl sites for hydroxylation is 1. The fourth-order valence-corrected chi connectivity index (χ4v) is 3.09. The largest absolute Gasteiger partial charge is 0.497 e. The molecule has 142 valence electrons. The molecule has 0 aromatic heterocycles. The molecule has 2 aromatic rings. The fourth-order valence-electron chi connectivity index (χ4n) is 3.09. The Morgan fingerprint density at radius 1 is 1.19 bits per heavy atom. The molecule has 0 saturated carbocycles. The molecule has 3 rings (SSSR count). The lowest BCUT2D eigenvalue weighted by Crippen LogP contribution is -2.35. The number of carbonyl (C=O) groups excluding carboxylic acids is 2. The highest BCUT2D eigenvalue weighted by Gasteiger charge is 2.34. The van der Waals surface area contributed by atoms with Crippen LogP contribution in [-0.4, -0.2) is 38.6 Å². The molecule has 0 aliphatic carbocycles. The summed E-state index contributed by atoms with van der Waals surface area (Å²) in [5, 5.41) is 2.86. The van der Waals surface area contributed by atoms with Gasteiger partial charge in [0.1, 0.15) is 18.1 Å². The highest BCUT2D eigenvalue weighted by molar-refractivity contribution is 6.00. The topological polar surface area (TPSA) is 67.9 Å². The van der Waals surface area contributed by atoms with E-state index in [0.717, 1.165) is 22.7 Å². The number of ether oxygens (including phenoxy) is 2. The van der Waals surface area contributed by atoms with Gasteiger partial charge in [-0.2, -0.15) is 0 Å². The van der Waals surface area contributed by atoms with Gasteiger partial charge in [0.25, 0.3) is 0 Å². The van der Waals surface area contributed by atoms with E-state index >= 15 is 0 Å². The van der Waals surface area contributed by atoms with Crippen molar-refractivity contribution >= 4 is 17.5 Å². The van der Waals surface area contributed by atoms with Gasteiger partial charge in [-0.1, -0.05) is 12.1 Å². The Balaban J connectivity index is 1.47. The predicted octanol–water partition coefficient (Wildman–Crippen LogP) is 2.55. The average Bonchev–Trinajstić information content (AvgIpc) is 3.07. The van der Waals surface area contributed by atoms with Gasteiger partial charge in [-0.05, 0) is 48.9 Å². The van der Waals surface area contributed by atoms with Gasteiger partial charge < -0.3 is 19.7 Å². The predicted molar refractivity (Wildman–Crippen MR) is 103 cm³/mol. The Hall–Kier alpha value is -3.02. The van der Waals surface area contributed by atoms with Gasteiger partial charge in [-0.15, -0.1) is 0 Å². The smallest absolute Gasteiger partial charge is 0.227 e. The molecule has 1 N–H and O–H groups in total. The summed E-state index contributed by atoms with van der Waals surface area (Å²) in [6.07, 6.45) is 0.219. The van der Waals surface area contributed by atoms with E-state index in [1.807, 2.05) is 43.3 Å². The molecule has 6 heteroatoms. The molecule has 1 unspecified atom stereocenters. The van der Waals surface area contributed by atoms with Crippen LogP contribution in [0.3, 0.4) is 0 Å². The van der Waals surface area contributed by atoms with Gasteiger partial charge in [0.05, 0.1) is 19.6 Å². The van der Waals surface area contributed by atoms with Gasteiger partial charge >= 0.3 is 0 Å². The number of anilines is 1. The number of carbonyl (C=O) groups is 2. The van der Waals surface area contributed by atoms with Crippen molar-refractivity contribution < 1.29 is 19.1 Å². The van der Waals surface area contributed by atoms with Crippen molar-refractivity contribution in [2.45, 2.75) is 13.3 Å². The summed E-state index contributed by atoms with van der Waals surface area (Å²) in [5.41, 5.74) is 1.90. The van der Waals surface area contributed by atoms with E-state index in [1.165, 1.54) is 0 Å². The Kier molecular flexibility index (Phi) is 5.96. The van der Waals surface area contributed by atoms with Crippen LogP contribution in [0.25, 0.3) is 0 Å². The van der Waals surface area contributed by atoms with Crippen LogP contribution in [0.4, 0.5) is 5.69 Å². The van der Waals surface area contributed by atoms with Crippen LogP contribution in [0.2, 0.25) is 0 Å². The van der Waals surface area contributed by atoms with E-state index in [-0.39, 0.29) is 24.2 Å². The lowest BCUT2D eigenvalue weighted by Gasteiger charge is -2.17. The van der Waals surface area contributed by atoms with E-state index in [2.05, 4.69) is 5.32 Å². The number of benzene rings is 2. The Morgan fingerprint density at radius 2 is 1.96 bits per heavy atom. The lowest BCUT2D eigenvalue weighted by molar-refractivity contribution is -0.126. The Labute approximate surface area is 159 Å². The molecular weight excluding hydrogens is 344 g/mol. The molecule has 1 fully saturated rings. The van der Waals surface area contributed by atoms with Crippen LogP contribution in [0, 0.1) is 12.8 Å². The zero-order valence-electron chi connectivity index (χ0n) is 15.6. The number of nitrogens with zero attached hydrogens (tertiary/aromatic N) is 1. The Bertz CT molecular complexity index is 804. The van der Waals surface area contributed by atoms with E-state index < -0.39 is 0 Å². The van der Waals surface area contributed by atoms with Crippen LogP contribution in [0.5, 0.6) is 11.5 Å². The molecule has 1 heterocycles. The monoisotopic (exact) mass is 368 g/mol. The van der Waals surface area contributed by atoms with Crippen molar-refractivity contribution in [1.29, 1.82) is 0 Å². The van der Waals surface area contributed by atoms with Gasteiger partial charge in [0.2, 0.25) is 11.8 Å². The van der Waals surface area contributed by atoms with E-state index in [0.29, 0.717) is 19.7 Å². The van der Waals surface area contributed by atoms with Crippen LogP contribution in [0.1, 0.15) is 12.0 Å². The van der Waals surface area contributed by atoms with Crippen molar-refractivity contribution in [3.05, 3.63) is 54.1 Å². The van der Waals surface area contributed by atoms with E-state index in [9.17, 15) is 9.59 Å². The summed E-state index contributed by atoms with van der Waals surface area (Å²) in [7, 11) is 1.60. The summed E-state index contributed by atoms with van der Waals surface area (Å²) >= 11 is 0. The molecule has 0 bridgehead atoms. The standard InChI is InChI=1S/C21H24N2O4/c1-15-4-3-5-19(12-15)27-11-10-22-21(25)16-13-20(24)23(14-16)17-6-8-18(26-2)9-7-17/h3-9,12,16H,10-11,13-14H2,1-2H3,(H,22,25). The highest BCUT2D eigenvalue weighted by Crippen LogP contribution is 2.26. The van der Waals surface area contributed by atoms with Crippen LogP contribution in [-0.2, 0) is 9.59 Å².